The van der Waals surface area contributed by atoms with E-state index in [1.165, 1.54) is 6.07 Å². The van der Waals surface area contributed by atoms with Gasteiger partial charge in [0.2, 0.25) is 0 Å². The number of nitrogens with zero attached hydrogens (tertiary/aromatic N) is 2. The summed E-state index contributed by atoms with van der Waals surface area (Å²) in [4.78, 5) is 0. The van der Waals surface area contributed by atoms with Gasteiger partial charge in [0.15, 0.2) is 0 Å². The largest absolute Gasteiger partial charge is 0.305 e. The third kappa shape index (κ3) is 2.59. The number of rotatable bonds is 5. The molecule has 1 aromatic heterocycles. The number of hydrogen-bond acceptors (Lipinski definition) is 2. The highest BCUT2D eigenvalue weighted by Crippen LogP contribution is 2.23. The van der Waals surface area contributed by atoms with Gasteiger partial charge in [-0.3, -0.25) is 4.68 Å². The van der Waals surface area contributed by atoms with Gasteiger partial charge in [0.05, 0.1) is 11.7 Å². The monoisotopic (exact) mass is 247 g/mol. The van der Waals surface area contributed by atoms with Crippen molar-refractivity contribution in [1.82, 2.24) is 15.1 Å². The molecule has 1 N–H and O–H groups in total. The van der Waals surface area contributed by atoms with Crippen LogP contribution in [0, 0.1) is 5.82 Å². The molecule has 1 heterocycles. The lowest BCUT2D eigenvalue weighted by atomic mass is 10.0. The first-order valence-corrected chi connectivity index (χ1v) is 6.19. The minimum Gasteiger partial charge on any atom is -0.305 e. The number of aryl methyl sites for hydroxylation is 1. The van der Waals surface area contributed by atoms with Crippen molar-refractivity contribution < 1.29 is 4.39 Å². The van der Waals surface area contributed by atoms with Gasteiger partial charge in [-0.15, -0.1) is 0 Å². The fourth-order valence-corrected chi connectivity index (χ4v) is 2.04. The number of aromatic nitrogens is 2. The SMILES string of the molecule is CCCNC(c1ccccc1F)c1ccnn1C. The summed E-state index contributed by atoms with van der Waals surface area (Å²) >= 11 is 0. The van der Waals surface area contributed by atoms with E-state index in [0.29, 0.717) is 5.56 Å². The van der Waals surface area contributed by atoms with Crippen molar-refractivity contribution in [3.8, 4) is 0 Å². The summed E-state index contributed by atoms with van der Waals surface area (Å²) in [7, 11) is 1.87. The topological polar surface area (TPSA) is 29.9 Å². The van der Waals surface area contributed by atoms with Gasteiger partial charge in [-0.2, -0.15) is 5.10 Å². The molecule has 0 aliphatic heterocycles. The van der Waals surface area contributed by atoms with E-state index in [1.54, 1.807) is 16.9 Å². The quantitative estimate of drug-likeness (QED) is 0.880. The molecule has 0 aliphatic rings. The van der Waals surface area contributed by atoms with E-state index in [9.17, 15) is 4.39 Å². The molecule has 0 amide bonds. The highest BCUT2D eigenvalue weighted by Gasteiger charge is 2.19. The highest BCUT2D eigenvalue weighted by molar-refractivity contribution is 5.28. The summed E-state index contributed by atoms with van der Waals surface area (Å²) in [5.74, 6) is -0.188. The molecule has 96 valence electrons. The molecular formula is C14H18FN3. The van der Waals surface area contributed by atoms with Crippen LogP contribution in [0.3, 0.4) is 0 Å². The fraction of sp³-hybridized carbons (Fsp3) is 0.357. The molecular weight excluding hydrogens is 229 g/mol. The van der Waals surface area contributed by atoms with Crippen LogP contribution in [0.4, 0.5) is 4.39 Å². The van der Waals surface area contributed by atoms with Crippen molar-refractivity contribution in [2.75, 3.05) is 6.54 Å². The van der Waals surface area contributed by atoms with E-state index in [4.69, 9.17) is 0 Å². The summed E-state index contributed by atoms with van der Waals surface area (Å²) in [6.45, 7) is 2.93. The molecule has 0 bridgehead atoms. The molecule has 0 fully saturated rings. The van der Waals surface area contributed by atoms with E-state index in [2.05, 4.69) is 17.3 Å². The third-order valence-electron chi connectivity index (χ3n) is 2.97. The van der Waals surface area contributed by atoms with Crippen molar-refractivity contribution in [1.29, 1.82) is 0 Å². The second kappa shape index (κ2) is 5.78. The molecule has 18 heavy (non-hydrogen) atoms. The van der Waals surface area contributed by atoms with Crippen LogP contribution in [-0.2, 0) is 7.05 Å². The Morgan fingerprint density at radius 3 is 2.72 bits per heavy atom. The maximum absolute atomic E-state index is 13.9. The molecule has 0 spiro atoms. The Hall–Kier alpha value is -1.68. The van der Waals surface area contributed by atoms with Crippen molar-refractivity contribution in [3.63, 3.8) is 0 Å². The van der Waals surface area contributed by atoms with Gasteiger partial charge in [-0.25, -0.2) is 4.39 Å². The number of nitrogens with one attached hydrogen (secondary N) is 1. The lowest BCUT2D eigenvalue weighted by Crippen LogP contribution is -2.26. The van der Waals surface area contributed by atoms with Gasteiger partial charge >= 0.3 is 0 Å². The van der Waals surface area contributed by atoms with Crippen molar-refractivity contribution in [2.24, 2.45) is 7.05 Å². The van der Waals surface area contributed by atoms with E-state index in [1.807, 2.05) is 25.2 Å². The Bertz CT molecular complexity index is 507. The zero-order chi connectivity index (χ0) is 13.0. The second-order valence-electron chi connectivity index (χ2n) is 4.29. The number of hydrogen-bond donors (Lipinski definition) is 1. The van der Waals surface area contributed by atoms with Crippen molar-refractivity contribution in [3.05, 3.63) is 53.6 Å². The minimum atomic E-state index is -0.188. The summed E-state index contributed by atoms with van der Waals surface area (Å²) in [6, 6.07) is 8.63. The van der Waals surface area contributed by atoms with Crippen LogP contribution >= 0.6 is 0 Å². The fourth-order valence-electron chi connectivity index (χ4n) is 2.04. The summed E-state index contributed by atoms with van der Waals surface area (Å²) in [5.41, 5.74) is 1.63. The normalized spacial score (nSPS) is 12.6. The smallest absolute Gasteiger partial charge is 0.128 e. The summed E-state index contributed by atoms with van der Waals surface area (Å²) < 4.78 is 15.7. The first kappa shape index (κ1) is 12.8. The molecule has 3 nitrogen and oxygen atoms in total. The molecule has 2 rings (SSSR count). The maximum Gasteiger partial charge on any atom is 0.128 e. The summed E-state index contributed by atoms with van der Waals surface area (Å²) in [6.07, 6.45) is 2.74. The van der Waals surface area contributed by atoms with E-state index >= 15 is 0 Å². The van der Waals surface area contributed by atoms with Gasteiger partial charge in [0.25, 0.3) is 0 Å². The van der Waals surface area contributed by atoms with E-state index in [-0.39, 0.29) is 11.9 Å². The predicted molar refractivity (Wildman–Crippen MR) is 69.7 cm³/mol. The molecule has 1 atom stereocenters. The van der Waals surface area contributed by atoms with Gasteiger partial charge in [-0.1, -0.05) is 25.1 Å². The lowest BCUT2D eigenvalue weighted by molar-refractivity contribution is 0.520. The van der Waals surface area contributed by atoms with Crippen LogP contribution in [0.2, 0.25) is 0 Å². The molecule has 1 aromatic carbocycles. The standard InChI is InChI=1S/C14H18FN3/c1-3-9-16-14(13-8-10-17-18(13)2)11-6-4-5-7-12(11)15/h4-8,10,14,16H,3,9H2,1-2H3. The Morgan fingerprint density at radius 2 is 2.11 bits per heavy atom. The molecule has 2 aromatic rings. The first-order chi connectivity index (χ1) is 8.74. The Labute approximate surface area is 107 Å². The van der Waals surface area contributed by atoms with E-state index in [0.717, 1.165) is 18.7 Å². The Kier molecular flexibility index (Phi) is 4.10. The van der Waals surface area contributed by atoms with Crippen LogP contribution in [0.1, 0.15) is 30.6 Å². The van der Waals surface area contributed by atoms with Crippen molar-refractivity contribution in [2.45, 2.75) is 19.4 Å². The van der Waals surface area contributed by atoms with Crippen LogP contribution in [0.5, 0.6) is 0 Å². The minimum absolute atomic E-state index is 0.154. The molecule has 0 radical (unpaired) electrons. The van der Waals surface area contributed by atoms with Crippen LogP contribution in [0.15, 0.2) is 36.5 Å². The first-order valence-electron chi connectivity index (χ1n) is 6.19. The maximum atomic E-state index is 13.9. The summed E-state index contributed by atoms with van der Waals surface area (Å²) in [5, 5.41) is 7.52. The average Bonchev–Trinajstić information content (AvgIpc) is 2.78. The van der Waals surface area contributed by atoms with Crippen LogP contribution < -0.4 is 5.32 Å². The van der Waals surface area contributed by atoms with Crippen LogP contribution in [0.25, 0.3) is 0 Å². The van der Waals surface area contributed by atoms with Gasteiger partial charge in [-0.05, 0) is 25.1 Å². The van der Waals surface area contributed by atoms with Gasteiger partial charge < -0.3 is 5.32 Å². The Morgan fingerprint density at radius 1 is 1.33 bits per heavy atom. The number of benzene rings is 1. The average molecular weight is 247 g/mol. The van der Waals surface area contributed by atoms with Crippen molar-refractivity contribution >= 4 is 0 Å². The predicted octanol–water partition coefficient (Wildman–Crippen LogP) is 2.65. The van der Waals surface area contributed by atoms with Crippen LogP contribution in [-0.4, -0.2) is 16.3 Å². The zero-order valence-electron chi connectivity index (χ0n) is 10.7. The molecule has 1 unspecified atom stereocenters. The number of halogens is 1. The molecule has 0 saturated heterocycles. The molecule has 4 heteroatoms. The molecule has 0 saturated carbocycles. The second-order valence-corrected chi connectivity index (χ2v) is 4.29. The van der Waals surface area contributed by atoms with Gasteiger partial charge in [0, 0.05) is 18.8 Å². The zero-order valence-corrected chi connectivity index (χ0v) is 10.7. The Balaban J connectivity index is 2.37. The highest BCUT2D eigenvalue weighted by atomic mass is 19.1. The third-order valence-corrected chi connectivity index (χ3v) is 2.97. The lowest BCUT2D eigenvalue weighted by Gasteiger charge is -2.19. The van der Waals surface area contributed by atoms with E-state index < -0.39 is 0 Å². The molecule has 0 aliphatic carbocycles. The van der Waals surface area contributed by atoms with Gasteiger partial charge in [0.1, 0.15) is 5.82 Å².